The van der Waals surface area contributed by atoms with Gasteiger partial charge in [0, 0.05) is 25.9 Å². The summed E-state index contributed by atoms with van der Waals surface area (Å²) < 4.78 is 5.79. The van der Waals surface area contributed by atoms with Crippen molar-refractivity contribution in [3.05, 3.63) is 35.6 Å². The molecular weight excluding hydrogens is 356 g/mol. The van der Waals surface area contributed by atoms with Crippen LogP contribution in [0.25, 0.3) is 5.32 Å². The molecule has 1 aromatic rings. The normalized spacial score (nSPS) is 19.6. The van der Waals surface area contributed by atoms with Crippen molar-refractivity contribution in [1.29, 1.82) is 0 Å². The second-order valence-electron chi connectivity index (χ2n) is 3.96. The first-order valence-corrected chi connectivity index (χ1v) is 12.8. The van der Waals surface area contributed by atoms with Gasteiger partial charge in [-0.25, -0.2) is 0 Å². The number of nitrogens with zero attached hydrogens (tertiary/aromatic N) is 1. The number of halogens is 3. The molecule has 0 saturated carbocycles. The molecule has 0 aromatic heterocycles. The Balaban J connectivity index is 0.000000444. The molecule has 1 aliphatic rings. The Hall–Kier alpha value is 0.484. The summed E-state index contributed by atoms with van der Waals surface area (Å²) in [6, 6.07) is 9.84. The molecule has 112 valence electrons. The summed E-state index contributed by atoms with van der Waals surface area (Å²) in [4.78, 5) is 0. The van der Waals surface area contributed by atoms with E-state index in [0.717, 1.165) is 38.5 Å². The quantitative estimate of drug-likeness (QED) is 0.783. The molecule has 0 radical (unpaired) electrons. The average molecular weight is 375 g/mol. The zero-order valence-corrected chi connectivity index (χ0v) is 14.8. The van der Waals surface area contributed by atoms with Gasteiger partial charge >= 0.3 is 42.6 Å². The van der Waals surface area contributed by atoms with E-state index in [2.05, 4.69) is 16.0 Å². The summed E-state index contributed by atoms with van der Waals surface area (Å²) in [6.45, 7) is 4.46. The molecule has 1 unspecified atom stereocenters. The van der Waals surface area contributed by atoms with E-state index in [4.69, 9.17) is 32.7 Å². The molecular formula is C12H18Cl3N3OTi. The fraction of sp³-hybridized carbons (Fsp3) is 0.500. The number of hydrogen-bond donors (Lipinski definition) is 2. The molecule has 0 amide bonds. The SMILES string of the molecule is [Cl][Ti+]([Cl])[Cl].c1ccc(OC2CNCCNCC[N-]2)cc1. The number of hydrogen-bond acceptors (Lipinski definition) is 3. The van der Waals surface area contributed by atoms with Gasteiger partial charge in [0.2, 0.25) is 0 Å². The first-order valence-electron chi connectivity index (χ1n) is 6.31. The molecule has 1 fully saturated rings. The van der Waals surface area contributed by atoms with Crippen LogP contribution in [0, 0.1) is 0 Å². The van der Waals surface area contributed by atoms with Crippen molar-refractivity contribution in [2.24, 2.45) is 0 Å². The fourth-order valence-electron chi connectivity index (χ4n) is 1.61. The van der Waals surface area contributed by atoms with Crippen LogP contribution in [0.3, 0.4) is 0 Å². The Labute approximate surface area is 138 Å². The van der Waals surface area contributed by atoms with Gasteiger partial charge in [-0.2, -0.15) is 0 Å². The maximum absolute atomic E-state index is 5.79. The molecule has 0 bridgehead atoms. The van der Waals surface area contributed by atoms with Crippen LogP contribution in [0.4, 0.5) is 0 Å². The molecule has 1 aliphatic heterocycles. The van der Waals surface area contributed by atoms with Crippen LogP contribution in [0.15, 0.2) is 30.3 Å². The second-order valence-corrected chi connectivity index (χ2v) is 11.7. The molecule has 1 aromatic carbocycles. The Bertz CT molecular complexity index is 333. The van der Waals surface area contributed by atoms with Gasteiger partial charge in [-0.15, -0.1) is 6.54 Å². The van der Waals surface area contributed by atoms with Crippen LogP contribution in [0.2, 0.25) is 0 Å². The van der Waals surface area contributed by atoms with Crippen molar-refractivity contribution < 1.29 is 19.4 Å². The molecule has 0 aliphatic carbocycles. The third-order valence-corrected chi connectivity index (χ3v) is 2.43. The standard InChI is InChI=1S/C12H18N3O.3ClH.Ti/c1-2-4-11(5-3-1)16-12-10-14-7-6-13-8-9-15-12;;;;/h1-5,12-14H,6-10H2;3*1H;/q-1;;;;+4/p-3. The number of ether oxygens (including phenoxy) is 1. The first kappa shape index (κ1) is 18.5. The maximum atomic E-state index is 5.79. The van der Waals surface area contributed by atoms with Crippen molar-refractivity contribution in [2.75, 3.05) is 32.7 Å². The fourth-order valence-corrected chi connectivity index (χ4v) is 1.61. The van der Waals surface area contributed by atoms with E-state index in [1.165, 1.54) is 0 Å². The van der Waals surface area contributed by atoms with E-state index >= 15 is 0 Å². The minimum Gasteiger partial charge on any atom is -0.624 e. The zero-order valence-electron chi connectivity index (χ0n) is 11.0. The number of nitrogens with one attached hydrogen (secondary N) is 2. The van der Waals surface area contributed by atoms with E-state index in [0.29, 0.717) is 0 Å². The average Bonchev–Trinajstić information content (AvgIpc) is 2.53. The molecule has 4 nitrogen and oxygen atoms in total. The summed E-state index contributed by atoms with van der Waals surface area (Å²) >= 11 is -1.92. The molecule has 1 atom stereocenters. The van der Waals surface area contributed by atoms with Crippen LogP contribution < -0.4 is 15.4 Å². The van der Waals surface area contributed by atoms with Crippen LogP contribution in [0.1, 0.15) is 0 Å². The molecule has 2 rings (SSSR count). The maximum Gasteiger partial charge on any atom is 0.117 e. The van der Waals surface area contributed by atoms with Crippen molar-refractivity contribution in [3.63, 3.8) is 0 Å². The monoisotopic (exact) mass is 373 g/mol. The number of para-hydroxylation sites is 1. The van der Waals surface area contributed by atoms with E-state index < -0.39 is 14.7 Å². The van der Waals surface area contributed by atoms with Crippen molar-refractivity contribution >= 4 is 27.9 Å². The molecule has 8 heteroatoms. The van der Waals surface area contributed by atoms with E-state index in [-0.39, 0.29) is 6.23 Å². The van der Waals surface area contributed by atoms with Gasteiger partial charge < -0.3 is 20.7 Å². The van der Waals surface area contributed by atoms with Gasteiger partial charge in [0.25, 0.3) is 0 Å². The topological polar surface area (TPSA) is 47.4 Å². The van der Waals surface area contributed by atoms with Crippen molar-refractivity contribution in [2.45, 2.75) is 6.23 Å². The minimum absolute atomic E-state index is 0.0812. The van der Waals surface area contributed by atoms with E-state index in [1.807, 2.05) is 30.3 Å². The molecule has 20 heavy (non-hydrogen) atoms. The van der Waals surface area contributed by atoms with Gasteiger partial charge in [0.15, 0.2) is 0 Å². The van der Waals surface area contributed by atoms with Gasteiger partial charge in [-0.3, -0.25) is 0 Å². The van der Waals surface area contributed by atoms with Crippen LogP contribution in [0.5, 0.6) is 5.75 Å². The Morgan fingerprint density at radius 2 is 1.70 bits per heavy atom. The Morgan fingerprint density at radius 3 is 2.40 bits per heavy atom. The van der Waals surface area contributed by atoms with E-state index in [1.54, 1.807) is 0 Å². The van der Waals surface area contributed by atoms with Crippen molar-refractivity contribution in [1.82, 2.24) is 10.6 Å². The van der Waals surface area contributed by atoms with Crippen LogP contribution in [-0.4, -0.2) is 39.0 Å². The van der Waals surface area contributed by atoms with Crippen LogP contribution >= 0.6 is 27.9 Å². The molecule has 1 saturated heterocycles. The molecule has 2 N–H and O–H groups in total. The molecule has 1 heterocycles. The predicted molar refractivity (Wildman–Crippen MR) is 82.4 cm³/mol. The summed E-state index contributed by atoms with van der Waals surface area (Å²) in [6.07, 6.45) is -0.0812. The van der Waals surface area contributed by atoms with Gasteiger partial charge in [0.1, 0.15) is 5.75 Å². The number of rotatable bonds is 2. The summed E-state index contributed by atoms with van der Waals surface area (Å²) in [7, 11) is 14.9. The summed E-state index contributed by atoms with van der Waals surface area (Å²) in [5.41, 5.74) is 0. The Morgan fingerprint density at radius 1 is 1.05 bits per heavy atom. The number of benzene rings is 1. The predicted octanol–water partition coefficient (Wildman–Crippen LogP) is 3.02. The Kier molecular flexibility index (Phi) is 11.2. The van der Waals surface area contributed by atoms with Crippen LogP contribution in [-0.2, 0) is 14.7 Å². The van der Waals surface area contributed by atoms with E-state index in [9.17, 15) is 0 Å². The first-order chi connectivity index (χ1) is 9.68. The van der Waals surface area contributed by atoms with Gasteiger partial charge in [-0.05, 0) is 18.7 Å². The van der Waals surface area contributed by atoms with Crippen molar-refractivity contribution in [3.8, 4) is 5.75 Å². The van der Waals surface area contributed by atoms with Gasteiger partial charge in [-0.1, -0.05) is 18.2 Å². The summed E-state index contributed by atoms with van der Waals surface area (Å²) in [5, 5.41) is 11.1. The smallest absolute Gasteiger partial charge is 0.117 e. The third kappa shape index (κ3) is 10.2. The van der Waals surface area contributed by atoms with Gasteiger partial charge in [0.05, 0.1) is 0 Å². The molecule has 0 spiro atoms. The third-order valence-electron chi connectivity index (χ3n) is 2.43. The zero-order chi connectivity index (χ0) is 14.6. The second kappa shape index (κ2) is 12.1. The summed E-state index contributed by atoms with van der Waals surface area (Å²) in [5.74, 6) is 0.880. The minimum atomic E-state index is -1.92. The largest absolute Gasteiger partial charge is 0.624 e.